The Hall–Kier alpha value is -0.160. The zero-order chi connectivity index (χ0) is 10.1. The summed E-state index contributed by atoms with van der Waals surface area (Å²) in [5.74, 6) is 0. The van der Waals surface area contributed by atoms with Crippen molar-refractivity contribution in [1.29, 1.82) is 0 Å². The van der Waals surface area contributed by atoms with Gasteiger partial charge in [0, 0.05) is 0 Å². The van der Waals surface area contributed by atoms with Gasteiger partial charge in [-0.2, -0.15) is 0 Å². The van der Waals surface area contributed by atoms with Gasteiger partial charge in [0.2, 0.25) is 0 Å². The van der Waals surface area contributed by atoms with Crippen molar-refractivity contribution in [3.63, 3.8) is 0 Å². The van der Waals surface area contributed by atoms with Gasteiger partial charge in [-0.1, -0.05) is 20.8 Å². The first kappa shape index (κ1) is 12.8. The number of nitrogens with one attached hydrogen (secondary N) is 3. The molecule has 0 aromatic heterocycles. The normalized spacial score (nSPS) is 13.6. The molecule has 79 valence electrons. The van der Waals surface area contributed by atoms with Gasteiger partial charge < -0.3 is 10.4 Å². The third kappa shape index (κ3) is 5.21. The Morgan fingerprint density at radius 3 is 1.92 bits per heavy atom. The van der Waals surface area contributed by atoms with Gasteiger partial charge in [0.1, 0.15) is 6.17 Å². The average Bonchev–Trinajstić information content (AvgIpc) is 2.14. The van der Waals surface area contributed by atoms with E-state index in [1.165, 1.54) is 0 Å². The van der Waals surface area contributed by atoms with Gasteiger partial charge >= 0.3 is 0 Å². The molecular formula is C9H22N3O. The highest BCUT2D eigenvalue weighted by Crippen LogP contribution is 1.97. The summed E-state index contributed by atoms with van der Waals surface area (Å²) >= 11 is 0. The van der Waals surface area contributed by atoms with Crippen molar-refractivity contribution in [3.8, 4) is 0 Å². The van der Waals surface area contributed by atoms with E-state index >= 15 is 0 Å². The van der Waals surface area contributed by atoms with E-state index in [1.807, 2.05) is 20.8 Å². The van der Waals surface area contributed by atoms with Crippen molar-refractivity contribution in [1.82, 2.24) is 16.0 Å². The van der Waals surface area contributed by atoms with Crippen molar-refractivity contribution in [2.45, 2.75) is 26.8 Å². The summed E-state index contributed by atoms with van der Waals surface area (Å²) in [7, 11) is 0. The van der Waals surface area contributed by atoms with Crippen LogP contribution in [0, 0.1) is 6.17 Å². The fourth-order valence-corrected chi connectivity index (χ4v) is 1.19. The van der Waals surface area contributed by atoms with Crippen LogP contribution in [0.1, 0.15) is 20.8 Å². The first-order valence-electron chi connectivity index (χ1n) is 4.98. The van der Waals surface area contributed by atoms with E-state index < -0.39 is 0 Å². The van der Waals surface area contributed by atoms with Crippen LogP contribution in [0.15, 0.2) is 0 Å². The predicted molar refractivity (Wildman–Crippen MR) is 55.1 cm³/mol. The van der Waals surface area contributed by atoms with E-state index in [9.17, 15) is 0 Å². The molecule has 0 aromatic carbocycles. The number of aliphatic hydroxyl groups is 1. The number of aliphatic hydroxyl groups excluding tert-OH is 1. The molecule has 0 aliphatic rings. The van der Waals surface area contributed by atoms with Crippen LogP contribution in [0.25, 0.3) is 0 Å². The molecule has 0 rings (SSSR count). The first-order chi connectivity index (χ1) is 6.29. The van der Waals surface area contributed by atoms with Crippen LogP contribution in [0.4, 0.5) is 0 Å². The lowest BCUT2D eigenvalue weighted by molar-refractivity contribution is 0.233. The largest absolute Gasteiger partial charge is 0.395 e. The van der Waals surface area contributed by atoms with E-state index in [1.54, 1.807) is 0 Å². The maximum Gasteiger partial charge on any atom is 0.121 e. The van der Waals surface area contributed by atoms with Gasteiger partial charge in [0.25, 0.3) is 0 Å². The maximum absolute atomic E-state index is 9.12. The summed E-state index contributed by atoms with van der Waals surface area (Å²) in [5.41, 5.74) is 0. The second kappa shape index (κ2) is 8.44. The lowest BCUT2D eigenvalue weighted by atomic mass is 10.2. The quantitative estimate of drug-likeness (QED) is 0.421. The summed E-state index contributed by atoms with van der Waals surface area (Å²) in [6, 6.07) is 0.00454. The molecule has 0 aliphatic carbocycles. The molecule has 0 fully saturated rings. The fourth-order valence-electron chi connectivity index (χ4n) is 1.19. The van der Waals surface area contributed by atoms with Gasteiger partial charge in [-0.25, -0.2) is 0 Å². The summed E-state index contributed by atoms with van der Waals surface area (Å²) in [6.45, 7) is 8.80. The minimum absolute atomic E-state index is 0.00454. The fraction of sp³-hybridized carbons (Fsp3) is 0.889. The minimum Gasteiger partial charge on any atom is -0.395 e. The van der Waals surface area contributed by atoms with Crippen LogP contribution in [0.5, 0.6) is 0 Å². The van der Waals surface area contributed by atoms with E-state index in [0.29, 0.717) is 0 Å². The molecule has 4 heteroatoms. The molecule has 13 heavy (non-hydrogen) atoms. The van der Waals surface area contributed by atoms with Gasteiger partial charge in [-0.15, -0.1) is 0 Å². The van der Waals surface area contributed by atoms with Crippen molar-refractivity contribution < 1.29 is 5.11 Å². The highest BCUT2D eigenvalue weighted by atomic mass is 16.3. The Morgan fingerprint density at radius 1 is 1.08 bits per heavy atom. The van der Waals surface area contributed by atoms with Gasteiger partial charge in [-0.05, 0) is 19.6 Å². The highest BCUT2D eigenvalue weighted by Gasteiger charge is 2.18. The topological polar surface area (TPSA) is 56.3 Å². The maximum atomic E-state index is 9.12. The third-order valence-electron chi connectivity index (χ3n) is 1.72. The van der Waals surface area contributed by atoms with Crippen molar-refractivity contribution in [3.05, 3.63) is 6.17 Å². The van der Waals surface area contributed by atoms with Crippen LogP contribution >= 0.6 is 0 Å². The van der Waals surface area contributed by atoms with E-state index in [0.717, 1.165) is 25.8 Å². The van der Waals surface area contributed by atoms with Crippen molar-refractivity contribution >= 4 is 0 Å². The minimum atomic E-state index is 0.00454. The van der Waals surface area contributed by atoms with E-state index in [4.69, 9.17) is 5.11 Å². The molecular weight excluding hydrogens is 166 g/mol. The second-order valence-corrected chi connectivity index (χ2v) is 2.77. The van der Waals surface area contributed by atoms with Crippen LogP contribution in [0.2, 0.25) is 0 Å². The molecule has 4 nitrogen and oxygen atoms in total. The number of rotatable bonds is 8. The molecule has 1 radical (unpaired) electrons. The molecule has 0 spiro atoms. The molecule has 0 heterocycles. The van der Waals surface area contributed by atoms with Crippen molar-refractivity contribution in [2.75, 3.05) is 26.2 Å². The zero-order valence-corrected chi connectivity index (χ0v) is 8.85. The molecule has 0 aromatic rings. The first-order valence-corrected chi connectivity index (χ1v) is 4.98. The van der Waals surface area contributed by atoms with Crippen LogP contribution in [0.3, 0.4) is 0 Å². The Morgan fingerprint density at radius 2 is 1.62 bits per heavy atom. The molecule has 4 N–H and O–H groups in total. The number of hydrogen-bond donors (Lipinski definition) is 4. The molecule has 0 bridgehead atoms. The summed E-state index contributed by atoms with van der Waals surface area (Å²) in [6.07, 6.45) is 0.981. The average molecular weight is 188 g/mol. The number of likely N-dealkylation sites (N-methyl/N-ethyl adjacent to an activating group) is 3. The summed E-state index contributed by atoms with van der Waals surface area (Å²) in [5, 5.41) is 18.7. The Kier molecular flexibility index (Phi) is 8.33. The Bertz CT molecular complexity index is 105. The predicted octanol–water partition coefficient (Wildman–Crippen LogP) is -0.335. The zero-order valence-electron chi connectivity index (χ0n) is 8.85. The Balaban J connectivity index is 3.94. The van der Waals surface area contributed by atoms with Gasteiger partial charge in [0.05, 0.1) is 12.6 Å². The molecule has 0 amide bonds. The van der Waals surface area contributed by atoms with E-state index in [-0.39, 0.29) is 12.6 Å². The second-order valence-electron chi connectivity index (χ2n) is 2.77. The Labute approximate surface area is 81.1 Å². The highest BCUT2D eigenvalue weighted by molar-refractivity contribution is 4.95. The SMILES string of the molecule is CCN[C](NCC)C(CO)NCC. The van der Waals surface area contributed by atoms with Crippen LogP contribution < -0.4 is 16.0 Å². The standard InChI is InChI=1S/C9H22N3O/c1-4-10-8(7-13)9(11-5-2)12-6-3/h8,10-13H,4-7H2,1-3H3. The van der Waals surface area contributed by atoms with Gasteiger partial charge in [0.15, 0.2) is 0 Å². The van der Waals surface area contributed by atoms with Gasteiger partial charge in [-0.3, -0.25) is 10.6 Å². The van der Waals surface area contributed by atoms with Crippen LogP contribution in [-0.2, 0) is 0 Å². The summed E-state index contributed by atoms with van der Waals surface area (Å²) < 4.78 is 0. The lowest BCUT2D eigenvalue weighted by Crippen LogP contribution is -2.51. The third-order valence-corrected chi connectivity index (χ3v) is 1.72. The lowest BCUT2D eigenvalue weighted by Gasteiger charge is -2.26. The molecule has 0 aliphatic heterocycles. The molecule has 1 unspecified atom stereocenters. The smallest absolute Gasteiger partial charge is 0.121 e. The summed E-state index contributed by atoms with van der Waals surface area (Å²) in [4.78, 5) is 0. The molecule has 1 atom stereocenters. The van der Waals surface area contributed by atoms with Crippen molar-refractivity contribution in [2.24, 2.45) is 0 Å². The number of hydrogen-bond acceptors (Lipinski definition) is 4. The molecule has 0 saturated heterocycles. The van der Waals surface area contributed by atoms with E-state index in [2.05, 4.69) is 16.0 Å². The van der Waals surface area contributed by atoms with Crippen LogP contribution in [-0.4, -0.2) is 37.4 Å². The molecule has 0 saturated carbocycles. The monoisotopic (exact) mass is 188 g/mol.